The lowest BCUT2D eigenvalue weighted by molar-refractivity contribution is 0.0696. The van der Waals surface area contributed by atoms with Crippen molar-refractivity contribution in [3.05, 3.63) is 56.6 Å². The van der Waals surface area contributed by atoms with E-state index >= 15 is 0 Å². The zero-order valence-electron chi connectivity index (χ0n) is 16.2. The average molecular weight is 444 g/mol. The smallest absolute Gasteiger partial charge is 0.365 e. The van der Waals surface area contributed by atoms with Gasteiger partial charge in [-0.3, -0.25) is 9.48 Å². The maximum atomic E-state index is 12.6. The van der Waals surface area contributed by atoms with Gasteiger partial charge in [0.1, 0.15) is 11.8 Å². The lowest BCUT2D eigenvalue weighted by Crippen LogP contribution is -2.36. The van der Waals surface area contributed by atoms with E-state index in [1.807, 2.05) is 26.0 Å². The molecule has 0 saturated carbocycles. The first-order valence-corrected chi connectivity index (χ1v) is 10.3. The standard InChI is InChI=1S/C20H18ClN5O3S/c1-3-16-17(24-19(30-16)20(28)29)18(27)23-11(2)10-26-7-6-15(25-26)12-4-5-13(9-22)14(21)8-12/h4-8,11H,3,10H2,1-2H3,(H,23,27)(H,28,29)/t11-/m1/s1. The minimum absolute atomic E-state index is 0.0950. The van der Waals surface area contributed by atoms with Crippen molar-refractivity contribution in [1.29, 1.82) is 5.26 Å². The Labute approximate surface area is 181 Å². The number of rotatable bonds is 7. The third-order valence-corrected chi connectivity index (χ3v) is 5.78. The molecular weight excluding hydrogens is 426 g/mol. The van der Waals surface area contributed by atoms with Crippen molar-refractivity contribution < 1.29 is 14.7 Å². The molecule has 0 bridgehead atoms. The largest absolute Gasteiger partial charge is 0.476 e. The van der Waals surface area contributed by atoms with Crippen molar-refractivity contribution in [3.8, 4) is 17.3 Å². The van der Waals surface area contributed by atoms with E-state index in [2.05, 4.69) is 15.4 Å². The van der Waals surface area contributed by atoms with Crippen LogP contribution in [-0.4, -0.2) is 37.8 Å². The lowest BCUT2D eigenvalue weighted by atomic mass is 10.1. The number of aryl methyl sites for hydroxylation is 1. The number of carboxylic acid groups (broad SMARTS) is 1. The van der Waals surface area contributed by atoms with Crippen LogP contribution in [0.4, 0.5) is 0 Å². The number of halogens is 1. The highest BCUT2D eigenvalue weighted by Gasteiger charge is 2.21. The summed E-state index contributed by atoms with van der Waals surface area (Å²) in [5.41, 5.74) is 2.03. The summed E-state index contributed by atoms with van der Waals surface area (Å²) in [5, 5.41) is 25.7. The topological polar surface area (TPSA) is 121 Å². The average Bonchev–Trinajstić information content (AvgIpc) is 3.34. The Kier molecular flexibility index (Phi) is 6.50. The summed E-state index contributed by atoms with van der Waals surface area (Å²) in [4.78, 5) is 28.3. The van der Waals surface area contributed by atoms with Crippen LogP contribution < -0.4 is 5.32 Å². The molecule has 0 fully saturated rings. The Balaban J connectivity index is 1.68. The van der Waals surface area contributed by atoms with Crippen molar-refractivity contribution in [3.63, 3.8) is 0 Å². The van der Waals surface area contributed by atoms with Crippen LogP contribution in [-0.2, 0) is 13.0 Å². The van der Waals surface area contributed by atoms with Crippen LogP contribution in [0.25, 0.3) is 11.3 Å². The lowest BCUT2D eigenvalue weighted by Gasteiger charge is -2.13. The van der Waals surface area contributed by atoms with E-state index in [0.29, 0.717) is 34.1 Å². The fourth-order valence-corrected chi connectivity index (χ4v) is 3.92. The number of carbonyl (C=O) groups is 2. The molecule has 30 heavy (non-hydrogen) atoms. The van der Waals surface area contributed by atoms with Gasteiger partial charge in [-0.05, 0) is 31.5 Å². The van der Waals surface area contributed by atoms with Crippen molar-refractivity contribution in [1.82, 2.24) is 20.1 Å². The second kappa shape index (κ2) is 9.07. The number of carboxylic acids is 1. The summed E-state index contributed by atoms with van der Waals surface area (Å²) in [6.45, 7) is 4.08. The number of nitrogens with zero attached hydrogens (tertiary/aromatic N) is 4. The summed E-state index contributed by atoms with van der Waals surface area (Å²) in [6, 6.07) is 8.67. The van der Waals surface area contributed by atoms with E-state index in [1.165, 1.54) is 0 Å². The van der Waals surface area contributed by atoms with Crippen molar-refractivity contribution in [2.24, 2.45) is 0 Å². The quantitative estimate of drug-likeness (QED) is 0.575. The molecule has 2 heterocycles. The fourth-order valence-electron chi connectivity index (χ4n) is 2.86. The van der Waals surface area contributed by atoms with Crippen molar-refractivity contribution in [2.45, 2.75) is 32.9 Å². The third kappa shape index (κ3) is 4.67. The highest BCUT2D eigenvalue weighted by Crippen LogP contribution is 2.24. The van der Waals surface area contributed by atoms with Gasteiger partial charge in [0, 0.05) is 22.7 Å². The number of hydrogen-bond acceptors (Lipinski definition) is 6. The molecular formula is C20H18ClN5O3S. The molecule has 0 radical (unpaired) electrons. The number of thiazole rings is 1. The number of hydrogen-bond donors (Lipinski definition) is 2. The Morgan fingerprint density at radius 3 is 2.80 bits per heavy atom. The molecule has 0 unspecified atom stereocenters. The molecule has 0 spiro atoms. The normalized spacial score (nSPS) is 11.7. The molecule has 2 aromatic heterocycles. The summed E-state index contributed by atoms with van der Waals surface area (Å²) < 4.78 is 1.69. The SMILES string of the molecule is CCc1sc(C(=O)O)nc1C(=O)N[C@H](C)Cn1ccc(-c2ccc(C#N)c(Cl)c2)n1. The van der Waals surface area contributed by atoms with Crippen LogP contribution in [0.1, 0.15) is 44.6 Å². The molecule has 154 valence electrons. The number of nitriles is 1. The van der Waals surface area contributed by atoms with Gasteiger partial charge in [-0.25, -0.2) is 9.78 Å². The van der Waals surface area contributed by atoms with Gasteiger partial charge in [-0.15, -0.1) is 11.3 Å². The van der Waals surface area contributed by atoms with Crippen LogP contribution in [0.2, 0.25) is 5.02 Å². The molecule has 10 heteroatoms. The number of nitrogens with one attached hydrogen (secondary N) is 1. The van der Waals surface area contributed by atoms with E-state index in [-0.39, 0.29) is 16.7 Å². The van der Waals surface area contributed by atoms with Gasteiger partial charge >= 0.3 is 5.97 Å². The molecule has 1 aromatic carbocycles. The van der Waals surface area contributed by atoms with Crippen LogP contribution >= 0.6 is 22.9 Å². The minimum atomic E-state index is -1.14. The van der Waals surface area contributed by atoms with Gasteiger partial charge in [-0.2, -0.15) is 10.4 Å². The molecule has 0 saturated heterocycles. The summed E-state index contributed by atoms with van der Waals surface area (Å²) in [7, 11) is 0. The van der Waals surface area contributed by atoms with E-state index < -0.39 is 11.9 Å². The number of aromatic nitrogens is 3. The maximum absolute atomic E-state index is 12.6. The van der Waals surface area contributed by atoms with Gasteiger partial charge in [-0.1, -0.05) is 24.6 Å². The minimum Gasteiger partial charge on any atom is -0.476 e. The van der Waals surface area contributed by atoms with E-state index in [9.17, 15) is 9.59 Å². The van der Waals surface area contributed by atoms with Crippen molar-refractivity contribution >= 4 is 34.8 Å². The third-order valence-electron chi connectivity index (χ3n) is 4.28. The highest BCUT2D eigenvalue weighted by molar-refractivity contribution is 7.13. The summed E-state index contributed by atoms with van der Waals surface area (Å²) >= 11 is 7.10. The summed E-state index contributed by atoms with van der Waals surface area (Å²) in [6.07, 6.45) is 2.31. The van der Waals surface area contributed by atoms with Gasteiger partial charge in [0.25, 0.3) is 5.91 Å². The van der Waals surface area contributed by atoms with Crippen molar-refractivity contribution in [2.75, 3.05) is 0 Å². The first-order chi connectivity index (χ1) is 14.3. The monoisotopic (exact) mass is 443 g/mol. The molecule has 8 nitrogen and oxygen atoms in total. The predicted octanol–water partition coefficient (Wildman–Crippen LogP) is 3.61. The first kappa shape index (κ1) is 21.5. The number of benzene rings is 1. The number of aromatic carboxylic acids is 1. The Bertz CT molecular complexity index is 1150. The molecule has 0 aliphatic rings. The van der Waals surface area contributed by atoms with E-state index in [0.717, 1.165) is 16.9 Å². The molecule has 0 aliphatic heterocycles. The highest BCUT2D eigenvalue weighted by atomic mass is 35.5. The molecule has 3 aromatic rings. The first-order valence-electron chi connectivity index (χ1n) is 9.09. The number of carbonyl (C=O) groups excluding carboxylic acids is 1. The Morgan fingerprint density at radius 1 is 1.40 bits per heavy atom. The maximum Gasteiger partial charge on any atom is 0.365 e. The Hall–Kier alpha value is -3.22. The van der Waals surface area contributed by atoms with Gasteiger partial charge < -0.3 is 10.4 Å². The van der Waals surface area contributed by atoms with E-state index in [1.54, 1.807) is 29.1 Å². The Morgan fingerprint density at radius 2 is 2.17 bits per heavy atom. The molecule has 2 N–H and O–H groups in total. The van der Waals surface area contributed by atoms with Crippen LogP contribution in [0.5, 0.6) is 0 Å². The predicted molar refractivity (Wildman–Crippen MR) is 113 cm³/mol. The van der Waals surface area contributed by atoms with Crippen LogP contribution in [0.15, 0.2) is 30.5 Å². The molecule has 1 atom stereocenters. The number of amides is 1. The van der Waals surface area contributed by atoms with Gasteiger partial charge in [0.15, 0.2) is 0 Å². The molecule has 3 rings (SSSR count). The molecule has 1 amide bonds. The fraction of sp³-hybridized carbons (Fsp3) is 0.250. The van der Waals surface area contributed by atoms with Crippen LogP contribution in [0.3, 0.4) is 0 Å². The zero-order valence-corrected chi connectivity index (χ0v) is 17.8. The second-order valence-electron chi connectivity index (χ2n) is 6.55. The second-order valence-corrected chi connectivity index (χ2v) is 8.04. The van der Waals surface area contributed by atoms with Gasteiger partial charge in [0.05, 0.1) is 22.8 Å². The van der Waals surface area contributed by atoms with Gasteiger partial charge in [0.2, 0.25) is 5.01 Å². The summed E-state index contributed by atoms with van der Waals surface area (Å²) in [5.74, 6) is -1.55. The zero-order chi connectivity index (χ0) is 21.8. The van der Waals surface area contributed by atoms with E-state index in [4.69, 9.17) is 22.0 Å². The molecule has 0 aliphatic carbocycles. The van der Waals surface area contributed by atoms with Crippen LogP contribution in [0, 0.1) is 11.3 Å².